The second kappa shape index (κ2) is 15.6. The van der Waals surface area contributed by atoms with Gasteiger partial charge in [-0.2, -0.15) is 13.2 Å². The van der Waals surface area contributed by atoms with Crippen LogP contribution in [0.25, 0.3) is 0 Å². The van der Waals surface area contributed by atoms with Gasteiger partial charge in [-0.3, -0.25) is 9.59 Å². The zero-order chi connectivity index (χ0) is 25.6. The number of benzene rings is 1. The van der Waals surface area contributed by atoms with E-state index in [-0.39, 0.29) is 37.1 Å². The van der Waals surface area contributed by atoms with E-state index in [1.165, 1.54) is 0 Å². The van der Waals surface area contributed by atoms with E-state index >= 15 is 0 Å². The van der Waals surface area contributed by atoms with E-state index in [0.717, 1.165) is 6.07 Å². The number of amides is 1. The van der Waals surface area contributed by atoms with E-state index < -0.39 is 38.2 Å². The van der Waals surface area contributed by atoms with Gasteiger partial charge in [-0.15, -0.1) is 0 Å². The number of rotatable bonds is 16. The van der Waals surface area contributed by atoms with E-state index in [1.807, 2.05) is 13.8 Å². The van der Waals surface area contributed by atoms with E-state index in [9.17, 15) is 27.6 Å². The Balaban J connectivity index is 2.68. The largest absolute Gasteiger partial charge is 0.481 e. The standard InChI is InChI=1S/C21H29F3NO8P/c1-3-31-34(32-4-2)33-13-6-5-12-30-20(29)16-11-10-15(21(22,23)24)14-17(16)25-18(26)8-7-9-19(27)28/h10-11,14H,3-9,12-13H2,1-2H3,(H,25,26)(H,27,28). The lowest BCUT2D eigenvalue weighted by Crippen LogP contribution is -2.17. The first-order valence-electron chi connectivity index (χ1n) is 10.7. The zero-order valence-corrected chi connectivity index (χ0v) is 19.9. The first-order valence-corrected chi connectivity index (χ1v) is 11.8. The summed E-state index contributed by atoms with van der Waals surface area (Å²) in [5.74, 6) is -2.72. The summed E-state index contributed by atoms with van der Waals surface area (Å²) in [4.78, 5) is 35.0. The van der Waals surface area contributed by atoms with Crippen molar-refractivity contribution in [3.05, 3.63) is 29.3 Å². The number of carboxylic acids is 1. The number of nitrogens with one attached hydrogen (secondary N) is 1. The third kappa shape index (κ3) is 11.7. The van der Waals surface area contributed by atoms with Gasteiger partial charge in [0, 0.05) is 12.8 Å². The molecule has 0 unspecified atom stereocenters. The first kappa shape index (κ1) is 29.8. The van der Waals surface area contributed by atoms with Crippen molar-refractivity contribution in [1.82, 2.24) is 0 Å². The SMILES string of the molecule is CCOP(OCC)OCCCCOC(=O)c1ccc(C(F)(F)F)cc1NC(=O)CCCC(=O)O. The van der Waals surface area contributed by atoms with Gasteiger partial charge in [-0.1, -0.05) is 0 Å². The second-order valence-electron chi connectivity index (χ2n) is 6.79. The van der Waals surface area contributed by atoms with Crippen molar-refractivity contribution in [1.29, 1.82) is 0 Å². The summed E-state index contributed by atoms with van der Waals surface area (Å²) >= 11 is 0. The van der Waals surface area contributed by atoms with E-state index in [0.29, 0.717) is 44.8 Å². The number of carbonyl (C=O) groups is 3. The van der Waals surface area contributed by atoms with Gasteiger partial charge in [0.05, 0.1) is 43.2 Å². The van der Waals surface area contributed by atoms with Crippen molar-refractivity contribution in [2.24, 2.45) is 0 Å². The first-order chi connectivity index (χ1) is 16.1. The lowest BCUT2D eigenvalue weighted by atomic mass is 10.1. The quantitative estimate of drug-likeness (QED) is 0.178. The van der Waals surface area contributed by atoms with Crippen molar-refractivity contribution in [2.75, 3.05) is 31.7 Å². The highest BCUT2D eigenvalue weighted by Crippen LogP contribution is 2.39. The molecule has 1 amide bonds. The summed E-state index contributed by atoms with van der Waals surface area (Å²) < 4.78 is 60.4. The zero-order valence-electron chi connectivity index (χ0n) is 19.0. The lowest BCUT2D eigenvalue weighted by Gasteiger charge is -2.15. The summed E-state index contributed by atoms with van der Waals surface area (Å²) in [6, 6.07) is 2.29. The normalized spacial score (nSPS) is 11.5. The highest BCUT2D eigenvalue weighted by molar-refractivity contribution is 7.41. The van der Waals surface area contributed by atoms with Gasteiger partial charge in [0.1, 0.15) is 0 Å². The highest BCUT2D eigenvalue weighted by atomic mass is 31.2. The number of ether oxygens (including phenoxy) is 1. The molecule has 192 valence electrons. The van der Waals surface area contributed by atoms with Gasteiger partial charge < -0.3 is 28.7 Å². The molecule has 0 heterocycles. The molecule has 9 nitrogen and oxygen atoms in total. The summed E-state index contributed by atoms with van der Waals surface area (Å²) in [5.41, 5.74) is -1.66. The molecule has 0 aliphatic heterocycles. The number of esters is 1. The minimum absolute atomic E-state index is 0.00321. The fourth-order valence-electron chi connectivity index (χ4n) is 2.52. The molecule has 0 bridgehead atoms. The average molecular weight is 511 g/mol. The Kier molecular flexibility index (Phi) is 13.7. The Morgan fingerprint density at radius 3 is 2.21 bits per heavy atom. The number of aliphatic carboxylic acids is 1. The van der Waals surface area contributed by atoms with Crippen molar-refractivity contribution in [3.8, 4) is 0 Å². The van der Waals surface area contributed by atoms with Crippen LogP contribution in [-0.2, 0) is 34.1 Å². The van der Waals surface area contributed by atoms with Crippen LogP contribution in [0.5, 0.6) is 0 Å². The van der Waals surface area contributed by atoms with Crippen LogP contribution < -0.4 is 5.32 Å². The van der Waals surface area contributed by atoms with Gasteiger partial charge in [0.25, 0.3) is 0 Å². The third-order valence-electron chi connectivity index (χ3n) is 4.07. The minimum Gasteiger partial charge on any atom is -0.481 e. The molecule has 0 saturated heterocycles. The summed E-state index contributed by atoms with van der Waals surface area (Å²) in [6.07, 6.45) is -4.25. The number of hydrogen-bond donors (Lipinski definition) is 2. The summed E-state index contributed by atoms with van der Waals surface area (Å²) in [6.45, 7) is 4.79. The minimum atomic E-state index is -4.69. The molecule has 13 heteroatoms. The van der Waals surface area contributed by atoms with Crippen LogP contribution >= 0.6 is 8.60 Å². The average Bonchev–Trinajstić information content (AvgIpc) is 2.75. The maximum absolute atomic E-state index is 13.1. The maximum Gasteiger partial charge on any atom is 0.416 e. The number of carboxylic acid groups (broad SMARTS) is 1. The molecule has 0 radical (unpaired) electrons. The van der Waals surface area contributed by atoms with Crippen molar-refractivity contribution in [3.63, 3.8) is 0 Å². The molecule has 2 N–H and O–H groups in total. The lowest BCUT2D eigenvalue weighted by molar-refractivity contribution is -0.138. The van der Waals surface area contributed by atoms with E-state index in [2.05, 4.69) is 5.32 Å². The van der Waals surface area contributed by atoms with Gasteiger partial charge >= 0.3 is 26.7 Å². The summed E-state index contributed by atoms with van der Waals surface area (Å²) in [7, 11) is -1.44. The number of halogens is 3. The predicted octanol–water partition coefficient (Wildman–Crippen LogP) is 5.15. The van der Waals surface area contributed by atoms with Crippen LogP contribution in [0.15, 0.2) is 18.2 Å². The molecule has 0 aromatic heterocycles. The molecular weight excluding hydrogens is 482 g/mol. The molecule has 34 heavy (non-hydrogen) atoms. The molecule has 0 aliphatic carbocycles. The van der Waals surface area contributed by atoms with E-state index in [4.69, 9.17) is 23.4 Å². The number of anilines is 1. The topological polar surface area (TPSA) is 120 Å². The number of alkyl halides is 3. The molecule has 0 spiro atoms. The second-order valence-corrected chi connectivity index (χ2v) is 8.01. The maximum atomic E-state index is 13.1. The molecule has 0 aliphatic rings. The Hall–Kier alpha value is -2.27. The third-order valence-corrected chi connectivity index (χ3v) is 5.40. The molecule has 0 fully saturated rings. The van der Waals surface area contributed by atoms with Crippen molar-refractivity contribution < 1.29 is 51.0 Å². The van der Waals surface area contributed by atoms with Crippen LogP contribution in [0.4, 0.5) is 18.9 Å². The molecule has 0 saturated carbocycles. The monoisotopic (exact) mass is 511 g/mol. The Labute approximate surface area is 196 Å². The number of carbonyl (C=O) groups excluding carboxylic acids is 2. The van der Waals surface area contributed by atoms with Crippen molar-refractivity contribution in [2.45, 2.75) is 52.1 Å². The Morgan fingerprint density at radius 1 is 0.971 bits per heavy atom. The van der Waals surface area contributed by atoms with Crippen LogP contribution in [0.3, 0.4) is 0 Å². The van der Waals surface area contributed by atoms with Gasteiger partial charge in [0.15, 0.2) is 0 Å². The van der Waals surface area contributed by atoms with Crippen LogP contribution in [0.2, 0.25) is 0 Å². The molecule has 1 aromatic rings. The Morgan fingerprint density at radius 2 is 1.62 bits per heavy atom. The van der Waals surface area contributed by atoms with Crippen LogP contribution in [-0.4, -0.2) is 49.4 Å². The smallest absolute Gasteiger partial charge is 0.416 e. The van der Waals surface area contributed by atoms with Crippen molar-refractivity contribution >= 4 is 32.1 Å². The molecule has 1 aromatic carbocycles. The van der Waals surface area contributed by atoms with Crippen LogP contribution in [0.1, 0.15) is 61.9 Å². The molecule has 1 rings (SSSR count). The predicted molar refractivity (Wildman–Crippen MR) is 117 cm³/mol. The highest BCUT2D eigenvalue weighted by Gasteiger charge is 2.32. The number of hydrogen-bond acceptors (Lipinski definition) is 7. The summed E-state index contributed by atoms with van der Waals surface area (Å²) in [5, 5.41) is 10.9. The fraction of sp³-hybridized carbons (Fsp3) is 0.571. The molecular formula is C21H29F3NO8P. The molecule has 0 atom stereocenters. The fourth-order valence-corrected chi connectivity index (χ4v) is 3.45. The van der Waals surface area contributed by atoms with Gasteiger partial charge in [-0.25, -0.2) is 4.79 Å². The van der Waals surface area contributed by atoms with Gasteiger partial charge in [0.2, 0.25) is 5.91 Å². The Bertz CT molecular complexity index is 801. The van der Waals surface area contributed by atoms with Crippen LogP contribution in [0, 0.1) is 0 Å². The van der Waals surface area contributed by atoms with Gasteiger partial charge in [-0.05, 0) is 51.3 Å². The number of unbranched alkanes of at least 4 members (excludes halogenated alkanes) is 1. The van der Waals surface area contributed by atoms with E-state index in [1.54, 1.807) is 0 Å².